The summed E-state index contributed by atoms with van der Waals surface area (Å²) >= 11 is 0. The third-order valence-electron chi connectivity index (χ3n) is 2.99. The van der Waals surface area contributed by atoms with Gasteiger partial charge in [-0.2, -0.15) is 5.10 Å². The third kappa shape index (κ3) is 2.69. The highest BCUT2D eigenvalue weighted by Gasteiger charge is 2.14. The van der Waals surface area contributed by atoms with Crippen LogP contribution in [0.5, 0.6) is 0 Å². The van der Waals surface area contributed by atoms with Gasteiger partial charge in [-0.3, -0.25) is 4.79 Å². The summed E-state index contributed by atoms with van der Waals surface area (Å²) in [5.74, 6) is -2.34. The molecule has 0 saturated carbocycles. The number of nitrogens with one attached hydrogen (secondary N) is 1. The molecule has 1 amide bonds. The molecular weight excluding hydrogens is 290 g/mol. The maximum atomic E-state index is 13.6. The van der Waals surface area contributed by atoms with Gasteiger partial charge in [0.2, 0.25) is 0 Å². The van der Waals surface area contributed by atoms with Crippen molar-refractivity contribution in [1.29, 1.82) is 0 Å². The minimum Gasteiger partial charge on any atom is -0.320 e. The zero-order chi connectivity index (χ0) is 15.5. The van der Waals surface area contributed by atoms with Crippen LogP contribution in [0, 0.1) is 11.6 Å². The zero-order valence-electron chi connectivity index (χ0n) is 11.2. The topological polar surface area (TPSA) is 59.8 Å². The molecule has 2 aromatic carbocycles. The summed E-state index contributed by atoms with van der Waals surface area (Å²) in [6, 6.07) is 9.65. The lowest BCUT2D eigenvalue weighted by Crippen LogP contribution is -2.15. The number of hydrogen-bond donors (Lipinski definition) is 1. The Balaban J connectivity index is 1.92. The van der Waals surface area contributed by atoms with E-state index >= 15 is 0 Å². The van der Waals surface area contributed by atoms with E-state index in [0.29, 0.717) is 17.4 Å². The molecule has 1 heterocycles. The fourth-order valence-corrected chi connectivity index (χ4v) is 1.98. The molecule has 0 aliphatic rings. The SMILES string of the molecule is O=C(Nc1ccccc1-n1cncn1)c1ccc(F)cc1F. The molecule has 3 aromatic rings. The van der Waals surface area contributed by atoms with Gasteiger partial charge < -0.3 is 5.32 Å². The van der Waals surface area contributed by atoms with Gasteiger partial charge in [-0.25, -0.2) is 18.4 Å². The van der Waals surface area contributed by atoms with Crippen LogP contribution >= 0.6 is 0 Å². The molecule has 7 heteroatoms. The first kappa shape index (κ1) is 13.9. The number of para-hydroxylation sites is 2. The number of carbonyl (C=O) groups is 1. The Morgan fingerprint density at radius 1 is 1.14 bits per heavy atom. The minimum absolute atomic E-state index is 0.241. The van der Waals surface area contributed by atoms with Gasteiger partial charge >= 0.3 is 0 Å². The Kier molecular flexibility index (Phi) is 3.61. The van der Waals surface area contributed by atoms with Gasteiger partial charge in [0, 0.05) is 6.07 Å². The molecule has 1 N–H and O–H groups in total. The Morgan fingerprint density at radius 2 is 1.95 bits per heavy atom. The van der Waals surface area contributed by atoms with Crippen LogP contribution in [0.1, 0.15) is 10.4 Å². The molecule has 0 unspecified atom stereocenters. The fourth-order valence-electron chi connectivity index (χ4n) is 1.98. The zero-order valence-corrected chi connectivity index (χ0v) is 11.2. The second kappa shape index (κ2) is 5.72. The first-order valence-corrected chi connectivity index (χ1v) is 6.35. The standard InChI is InChI=1S/C15H10F2N4O/c16-10-5-6-11(12(17)7-10)15(22)20-13-3-1-2-4-14(13)21-9-18-8-19-21/h1-9H,(H,20,22). The lowest BCUT2D eigenvalue weighted by molar-refractivity contribution is 0.102. The predicted octanol–water partition coefficient (Wildman–Crippen LogP) is 2.80. The van der Waals surface area contributed by atoms with Crippen LogP contribution in [0.2, 0.25) is 0 Å². The molecule has 0 atom stereocenters. The normalized spacial score (nSPS) is 10.5. The summed E-state index contributed by atoms with van der Waals surface area (Å²) in [5.41, 5.74) is 0.771. The second-order valence-electron chi connectivity index (χ2n) is 4.44. The lowest BCUT2D eigenvalue weighted by atomic mass is 10.2. The number of nitrogens with zero attached hydrogens (tertiary/aromatic N) is 3. The van der Waals surface area contributed by atoms with Crippen LogP contribution in [0.15, 0.2) is 55.1 Å². The Labute approximate surface area is 124 Å². The molecule has 22 heavy (non-hydrogen) atoms. The van der Waals surface area contributed by atoms with Gasteiger partial charge in [0.15, 0.2) is 0 Å². The van der Waals surface area contributed by atoms with Crippen molar-refractivity contribution in [2.24, 2.45) is 0 Å². The summed E-state index contributed by atoms with van der Waals surface area (Å²) < 4.78 is 28.0. The van der Waals surface area contributed by atoms with Crippen LogP contribution in [-0.2, 0) is 0 Å². The highest BCUT2D eigenvalue weighted by atomic mass is 19.1. The van der Waals surface area contributed by atoms with Crippen molar-refractivity contribution in [1.82, 2.24) is 14.8 Å². The van der Waals surface area contributed by atoms with E-state index in [0.717, 1.165) is 12.1 Å². The molecule has 0 bridgehead atoms. The van der Waals surface area contributed by atoms with E-state index in [9.17, 15) is 13.6 Å². The van der Waals surface area contributed by atoms with Crippen LogP contribution in [-0.4, -0.2) is 20.7 Å². The van der Waals surface area contributed by atoms with Crippen molar-refractivity contribution in [2.75, 3.05) is 5.32 Å². The van der Waals surface area contributed by atoms with Crippen molar-refractivity contribution >= 4 is 11.6 Å². The Bertz CT molecular complexity index is 818. The number of anilines is 1. The van der Waals surface area contributed by atoms with Gasteiger partial charge in [-0.1, -0.05) is 12.1 Å². The maximum Gasteiger partial charge on any atom is 0.258 e. The van der Waals surface area contributed by atoms with E-state index in [-0.39, 0.29) is 5.56 Å². The predicted molar refractivity (Wildman–Crippen MR) is 75.7 cm³/mol. The van der Waals surface area contributed by atoms with Crippen LogP contribution in [0.4, 0.5) is 14.5 Å². The Morgan fingerprint density at radius 3 is 2.68 bits per heavy atom. The molecule has 0 fully saturated rings. The van der Waals surface area contributed by atoms with Crippen molar-refractivity contribution in [3.63, 3.8) is 0 Å². The van der Waals surface area contributed by atoms with Gasteiger partial charge in [0.05, 0.1) is 16.9 Å². The number of rotatable bonds is 3. The van der Waals surface area contributed by atoms with Crippen molar-refractivity contribution < 1.29 is 13.6 Å². The van der Waals surface area contributed by atoms with Crippen LogP contribution in [0.25, 0.3) is 5.69 Å². The minimum atomic E-state index is -0.921. The van der Waals surface area contributed by atoms with E-state index in [1.165, 1.54) is 17.3 Å². The van der Waals surface area contributed by atoms with Crippen LogP contribution in [0.3, 0.4) is 0 Å². The Hall–Kier alpha value is -3.09. The molecular formula is C15H10F2N4O. The van der Waals surface area contributed by atoms with Gasteiger partial charge in [-0.05, 0) is 24.3 Å². The van der Waals surface area contributed by atoms with Gasteiger partial charge in [-0.15, -0.1) is 0 Å². The summed E-state index contributed by atoms with van der Waals surface area (Å²) in [6.45, 7) is 0. The maximum absolute atomic E-state index is 13.6. The van der Waals surface area contributed by atoms with E-state index < -0.39 is 17.5 Å². The second-order valence-corrected chi connectivity index (χ2v) is 4.44. The first-order chi connectivity index (χ1) is 10.6. The third-order valence-corrected chi connectivity index (χ3v) is 2.99. The van der Waals surface area contributed by atoms with Crippen molar-refractivity contribution in [3.8, 4) is 5.69 Å². The monoisotopic (exact) mass is 300 g/mol. The molecule has 5 nitrogen and oxygen atoms in total. The molecule has 3 rings (SSSR count). The van der Waals surface area contributed by atoms with Gasteiger partial charge in [0.1, 0.15) is 24.3 Å². The van der Waals surface area contributed by atoms with E-state index in [2.05, 4.69) is 15.4 Å². The summed E-state index contributed by atoms with van der Waals surface area (Å²) in [5, 5.41) is 6.57. The number of aromatic nitrogens is 3. The van der Waals surface area contributed by atoms with E-state index in [4.69, 9.17) is 0 Å². The van der Waals surface area contributed by atoms with E-state index in [1.807, 2.05) is 0 Å². The number of amides is 1. The molecule has 0 radical (unpaired) electrons. The van der Waals surface area contributed by atoms with E-state index in [1.54, 1.807) is 24.3 Å². The molecule has 0 saturated heterocycles. The summed E-state index contributed by atoms with van der Waals surface area (Å²) in [7, 11) is 0. The molecule has 0 aliphatic carbocycles. The molecule has 110 valence electrons. The lowest BCUT2D eigenvalue weighted by Gasteiger charge is -2.11. The van der Waals surface area contributed by atoms with Gasteiger partial charge in [0.25, 0.3) is 5.91 Å². The fraction of sp³-hybridized carbons (Fsp3) is 0. The van der Waals surface area contributed by atoms with Crippen molar-refractivity contribution in [2.45, 2.75) is 0 Å². The quantitative estimate of drug-likeness (QED) is 0.809. The largest absolute Gasteiger partial charge is 0.320 e. The highest BCUT2D eigenvalue weighted by molar-refractivity contribution is 6.05. The average molecular weight is 300 g/mol. The summed E-state index contributed by atoms with van der Waals surface area (Å²) in [6.07, 6.45) is 2.84. The molecule has 1 aromatic heterocycles. The summed E-state index contributed by atoms with van der Waals surface area (Å²) in [4.78, 5) is 16.0. The van der Waals surface area contributed by atoms with Crippen molar-refractivity contribution in [3.05, 3.63) is 72.3 Å². The number of hydrogen-bond acceptors (Lipinski definition) is 3. The smallest absolute Gasteiger partial charge is 0.258 e. The number of halogens is 2. The number of benzene rings is 2. The van der Waals surface area contributed by atoms with Crippen LogP contribution < -0.4 is 5.32 Å². The molecule has 0 spiro atoms. The molecule has 0 aliphatic heterocycles. The average Bonchev–Trinajstić information content (AvgIpc) is 3.01. The first-order valence-electron chi connectivity index (χ1n) is 6.35. The number of carbonyl (C=O) groups excluding carboxylic acids is 1. The highest BCUT2D eigenvalue weighted by Crippen LogP contribution is 2.20.